The minimum absolute atomic E-state index is 0.0464. The summed E-state index contributed by atoms with van der Waals surface area (Å²) in [5.41, 5.74) is 2.12. The van der Waals surface area contributed by atoms with Crippen LogP contribution < -0.4 is 0 Å². The number of halogens is 1. The average molecular weight is 349 g/mol. The Morgan fingerprint density at radius 3 is 2.62 bits per heavy atom. The van der Waals surface area contributed by atoms with E-state index < -0.39 is 5.97 Å². The maximum atomic E-state index is 13.0. The predicted molar refractivity (Wildman–Crippen MR) is 97.4 cm³/mol. The second-order valence-corrected chi connectivity index (χ2v) is 5.57. The number of H-pyrrole nitrogens is 1. The molecular formula is C20H16FN3O2. The molecule has 5 nitrogen and oxygen atoms in total. The fourth-order valence-corrected chi connectivity index (χ4v) is 2.44. The van der Waals surface area contributed by atoms with E-state index in [1.54, 1.807) is 19.1 Å². The number of aromatic amines is 1. The minimum atomic E-state index is -1.08. The molecule has 4 aromatic rings. The highest BCUT2D eigenvalue weighted by Gasteiger charge is 2.11. The van der Waals surface area contributed by atoms with Crippen LogP contribution in [0.3, 0.4) is 0 Å². The third-order valence-corrected chi connectivity index (χ3v) is 3.76. The lowest BCUT2D eigenvalue weighted by Gasteiger charge is -2.03. The summed E-state index contributed by atoms with van der Waals surface area (Å²) in [5, 5.41) is 10.1. The van der Waals surface area contributed by atoms with E-state index in [2.05, 4.69) is 33.2 Å². The summed E-state index contributed by atoms with van der Waals surface area (Å²) < 4.78 is 13.0. The standard InChI is InChI=1S/C12H9FN2O2.C8H7N/c1-7-10(12(16)17)6-14-11(15-7)8-3-2-4-9(13)5-8;1-2-4-8-7(3-1)5-6-9-8/h2-6H,1H3,(H,16,17);1-6,9H. The van der Waals surface area contributed by atoms with Gasteiger partial charge in [0, 0.05) is 23.5 Å². The van der Waals surface area contributed by atoms with E-state index in [-0.39, 0.29) is 11.4 Å². The molecule has 130 valence electrons. The van der Waals surface area contributed by atoms with Crippen LogP contribution in [0.2, 0.25) is 0 Å². The van der Waals surface area contributed by atoms with E-state index in [0.717, 1.165) is 0 Å². The van der Waals surface area contributed by atoms with Crippen molar-refractivity contribution in [3.05, 3.63) is 84.1 Å². The lowest BCUT2D eigenvalue weighted by Crippen LogP contribution is -2.04. The lowest BCUT2D eigenvalue weighted by molar-refractivity contribution is 0.0695. The first kappa shape index (κ1) is 17.3. The van der Waals surface area contributed by atoms with Crippen LogP contribution in [0.4, 0.5) is 4.39 Å². The third-order valence-electron chi connectivity index (χ3n) is 3.76. The van der Waals surface area contributed by atoms with Crippen LogP contribution in [0, 0.1) is 12.7 Å². The molecule has 0 bridgehead atoms. The number of carbonyl (C=O) groups is 1. The number of benzene rings is 2. The molecule has 0 spiro atoms. The Balaban J connectivity index is 0.000000181. The fourth-order valence-electron chi connectivity index (χ4n) is 2.44. The van der Waals surface area contributed by atoms with Crippen LogP contribution in [0.1, 0.15) is 16.1 Å². The summed E-state index contributed by atoms with van der Waals surface area (Å²) >= 11 is 0. The van der Waals surface area contributed by atoms with Crippen molar-refractivity contribution in [3.8, 4) is 11.4 Å². The molecule has 2 aromatic heterocycles. The molecule has 6 heteroatoms. The van der Waals surface area contributed by atoms with Crippen LogP contribution in [-0.4, -0.2) is 26.0 Å². The molecule has 0 saturated heterocycles. The zero-order valence-corrected chi connectivity index (χ0v) is 14.0. The first-order valence-corrected chi connectivity index (χ1v) is 7.89. The van der Waals surface area contributed by atoms with Crippen LogP contribution in [0.15, 0.2) is 67.0 Å². The van der Waals surface area contributed by atoms with Crippen molar-refractivity contribution in [3.63, 3.8) is 0 Å². The summed E-state index contributed by atoms with van der Waals surface area (Å²) in [5.74, 6) is -1.15. The van der Waals surface area contributed by atoms with Crippen molar-refractivity contribution in [1.29, 1.82) is 0 Å². The fraction of sp³-hybridized carbons (Fsp3) is 0.0500. The number of carboxylic acids is 1. The first-order chi connectivity index (χ1) is 12.5. The quantitative estimate of drug-likeness (QED) is 0.560. The van der Waals surface area contributed by atoms with E-state index in [4.69, 9.17) is 5.11 Å². The smallest absolute Gasteiger partial charge is 0.339 e. The maximum absolute atomic E-state index is 13.0. The van der Waals surface area contributed by atoms with Gasteiger partial charge < -0.3 is 10.1 Å². The number of carboxylic acid groups (broad SMARTS) is 1. The Kier molecular flexibility index (Phi) is 5.03. The number of hydrogen-bond acceptors (Lipinski definition) is 3. The highest BCUT2D eigenvalue weighted by molar-refractivity contribution is 5.88. The van der Waals surface area contributed by atoms with Crippen LogP contribution in [0.5, 0.6) is 0 Å². The van der Waals surface area contributed by atoms with E-state index in [1.807, 2.05) is 18.3 Å². The van der Waals surface area contributed by atoms with Gasteiger partial charge in [0.05, 0.1) is 11.3 Å². The Labute approximate surface area is 149 Å². The Morgan fingerprint density at radius 1 is 1.12 bits per heavy atom. The first-order valence-electron chi connectivity index (χ1n) is 7.89. The van der Waals surface area contributed by atoms with Gasteiger partial charge >= 0.3 is 5.97 Å². The molecule has 0 aliphatic carbocycles. The highest BCUT2D eigenvalue weighted by Crippen LogP contribution is 2.17. The number of aryl methyl sites for hydroxylation is 1. The van der Waals surface area contributed by atoms with E-state index in [9.17, 15) is 9.18 Å². The lowest BCUT2D eigenvalue weighted by atomic mass is 10.2. The molecule has 0 unspecified atom stereocenters. The van der Waals surface area contributed by atoms with Crippen molar-refractivity contribution in [1.82, 2.24) is 15.0 Å². The van der Waals surface area contributed by atoms with Crippen molar-refractivity contribution >= 4 is 16.9 Å². The monoisotopic (exact) mass is 349 g/mol. The van der Waals surface area contributed by atoms with E-state index in [0.29, 0.717) is 17.1 Å². The van der Waals surface area contributed by atoms with Crippen LogP contribution in [-0.2, 0) is 0 Å². The van der Waals surface area contributed by atoms with Gasteiger partial charge in [-0.3, -0.25) is 0 Å². The molecule has 0 aliphatic rings. The van der Waals surface area contributed by atoms with Crippen molar-refractivity contribution in [2.24, 2.45) is 0 Å². The molecule has 0 aliphatic heterocycles. The number of rotatable bonds is 2. The summed E-state index contributed by atoms with van der Waals surface area (Å²) in [6, 6.07) is 16.1. The summed E-state index contributed by atoms with van der Waals surface area (Å²) in [7, 11) is 0. The molecule has 26 heavy (non-hydrogen) atoms. The van der Waals surface area contributed by atoms with Gasteiger partial charge in [-0.1, -0.05) is 30.3 Å². The van der Waals surface area contributed by atoms with Gasteiger partial charge in [-0.05, 0) is 36.6 Å². The Bertz CT molecular complexity index is 1030. The van der Waals surface area contributed by atoms with Gasteiger partial charge in [0.2, 0.25) is 0 Å². The van der Waals surface area contributed by atoms with Crippen LogP contribution in [0.25, 0.3) is 22.3 Å². The molecule has 0 atom stereocenters. The van der Waals surface area contributed by atoms with E-state index >= 15 is 0 Å². The Hall–Kier alpha value is -3.54. The summed E-state index contributed by atoms with van der Waals surface area (Å²) in [6.07, 6.45) is 3.18. The zero-order chi connectivity index (χ0) is 18.5. The number of para-hydroxylation sites is 1. The van der Waals surface area contributed by atoms with Crippen molar-refractivity contribution in [2.75, 3.05) is 0 Å². The van der Waals surface area contributed by atoms with Gasteiger partial charge in [-0.2, -0.15) is 0 Å². The number of aromatic nitrogens is 3. The van der Waals surface area contributed by atoms with Gasteiger partial charge in [-0.25, -0.2) is 19.2 Å². The van der Waals surface area contributed by atoms with Gasteiger partial charge in [-0.15, -0.1) is 0 Å². The van der Waals surface area contributed by atoms with Crippen LogP contribution >= 0.6 is 0 Å². The topological polar surface area (TPSA) is 78.9 Å². The number of fused-ring (bicyclic) bond motifs is 1. The molecular weight excluding hydrogens is 333 g/mol. The largest absolute Gasteiger partial charge is 0.478 e. The molecule has 2 N–H and O–H groups in total. The number of hydrogen-bond donors (Lipinski definition) is 2. The number of nitrogens with zero attached hydrogens (tertiary/aromatic N) is 2. The van der Waals surface area contributed by atoms with Crippen molar-refractivity contribution in [2.45, 2.75) is 6.92 Å². The SMILES string of the molecule is Cc1nc(-c2cccc(F)c2)ncc1C(=O)O.c1ccc2[nH]ccc2c1. The number of aromatic carboxylic acids is 1. The number of nitrogens with one attached hydrogen (secondary N) is 1. The maximum Gasteiger partial charge on any atom is 0.339 e. The van der Waals surface area contributed by atoms with Gasteiger partial charge in [0.25, 0.3) is 0 Å². The molecule has 0 radical (unpaired) electrons. The summed E-state index contributed by atoms with van der Waals surface area (Å²) in [4.78, 5) is 21.9. The minimum Gasteiger partial charge on any atom is -0.478 e. The molecule has 0 amide bonds. The molecule has 2 heterocycles. The molecule has 0 fully saturated rings. The average Bonchev–Trinajstić information content (AvgIpc) is 3.10. The van der Waals surface area contributed by atoms with Gasteiger partial charge in [0.15, 0.2) is 5.82 Å². The molecule has 2 aromatic carbocycles. The Morgan fingerprint density at radius 2 is 1.92 bits per heavy atom. The third kappa shape index (κ3) is 3.92. The summed E-state index contributed by atoms with van der Waals surface area (Å²) in [6.45, 7) is 1.58. The molecule has 0 saturated carbocycles. The van der Waals surface area contributed by atoms with E-state index in [1.165, 1.54) is 29.2 Å². The van der Waals surface area contributed by atoms with Gasteiger partial charge in [0.1, 0.15) is 5.82 Å². The second-order valence-electron chi connectivity index (χ2n) is 5.57. The predicted octanol–water partition coefficient (Wildman–Crippen LogP) is 4.46. The highest BCUT2D eigenvalue weighted by atomic mass is 19.1. The second kappa shape index (κ2) is 7.57. The normalized spacial score (nSPS) is 10.2. The zero-order valence-electron chi connectivity index (χ0n) is 14.0. The molecule has 4 rings (SSSR count). The van der Waals surface area contributed by atoms with Crippen molar-refractivity contribution < 1.29 is 14.3 Å².